The lowest BCUT2D eigenvalue weighted by Gasteiger charge is -2.19. The molecule has 7 heteroatoms. The Morgan fingerprint density at radius 3 is 2.73 bits per heavy atom. The number of hydrogen-bond donors (Lipinski definition) is 2. The molecule has 136 valence electrons. The minimum Gasteiger partial charge on any atom is -0.475 e. The molecule has 1 aliphatic rings. The Hall–Kier alpha value is -3.09. The molecule has 1 aliphatic heterocycles. The number of furan rings is 1. The highest BCUT2D eigenvalue weighted by atomic mass is 16.4. The minimum absolute atomic E-state index is 0.0720. The summed E-state index contributed by atoms with van der Waals surface area (Å²) in [5, 5.41) is 11.5. The van der Waals surface area contributed by atoms with Crippen LogP contribution in [0.4, 0.5) is 5.69 Å². The number of benzene rings is 1. The number of carbonyl (C=O) groups is 3. The van der Waals surface area contributed by atoms with E-state index in [1.807, 2.05) is 31.2 Å². The van der Waals surface area contributed by atoms with E-state index in [1.54, 1.807) is 4.90 Å². The number of anilines is 1. The standard InChI is InChI=1S/C19H20N2O5/c1-2-12-5-3-4-6-15(12)21-11-13(9-17(21)22)18(23)20-10-14-7-8-16(26-14)19(24)25/h3-8,13H,2,9-11H2,1H3,(H,20,23)(H,24,25). The Balaban J connectivity index is 1.62. The number of amides is 2. The molecule has 26 heavy (non-hydrogen) atoms. The van der Waals surface area contributed by atoms with Crippen molar-refractivity contribution in [3.05, 3.63) is 53.5 Å². The van der Waals surface area contributed by atoms with Gasteiger partial charge in [-0.25, -0.2) is 4.79 Å². The number of aromatic carboxylic acids is 1. The lowest BCUT2D eigenvalue weighted by atomic mass is 10.1. The van der Waals surface area contributed by atoms with E-state index in [9.17, 15) is 14.4 Å². The van der Waals surface area contributed by atoms with Gasteiger partial charge >= 0.3 is 5.97 Å². The third-order valence-electron chi connectivity index (χ3n) is 4.47. The van der Waals surface area contributed by atoms with E-state index in [4.69, 9.17) is 9.52 Å². The van der Waals surface area contributed by atoms with E-state index < -0.39 is 11.9 Å². The molecule has 0 saturated carbocycles. The van der Waals surface area contributed by atoms with Crippen LogP contribution in [0, 0.1) is 5.92 Å². The smallest absolute Gasteiger partial charge is 0.371 e. The summed E-state index contributed by atoms with van der Waals surface area (Å²) in [7, 11) is 0. The second-order valence-electron chi connectivity index (χ2n) is 6.18. The topological polar surface area (TPSA) is 99.8 Å². The number of carboxylic acids is 1. The van der Waals surface area contributed by atoms with Gasteiger partial charge in [-0.3, -0.25) is 9.59 Å². The molecule has 1 saturated heterocycles. The fourth-order valence-electron chi connectivity index (χ4n) is 3.10. The van der Waals surface area contributed by atoms with Gasteiger partial charge in [0.05, 0.1) is 12.5 Å². The van der Waals surface area contributed by atoms with E-state index in [0.29, 0.717) is 12.3 Å². The summed E-state index contributed by atoms with van der Waals surface area (Å²) in [6, 6.07) is 10.5. The molecule has 3 rings (SSSR count). The van der Waals surface area contributed by atoms with Crippen molar-refractivity contribution >= 4 is 23.5 Å². The van der Waals surface area contributed by atoms with E-state index in [1.165, 1.54) is 12.1 Å². The van der Waals surface area contributed by atoms with Gasteiger partial charge in [0.2, 0.25) is 17.6 Å². The Bertz CT molecular complexity index is 842. The quantitative estimate of drug-likeness (QED) is 0.827. The third kappa shape index (κ3) is 3.61. The summed E-state index contributed by atoms with van der Waals surface area (Å²) in [6.45, 7) is 2.45. The Labute approximate surface area is 150 Å². The molecule has 1 atom stereocenters. The maximum absolute atomic E-state index is 12.4. The summed E-state index contributed by atoms with van der Waals surface area (Å²) < 4.78 is 5.11. The first-order valence-electron chi connectivity index (χ1n) is 8.47. The SMILES string of the molecule is CCc1ccccc1N1CC(C(=O)NCc2ccc(C(=O)O)o2)CC1=O. The molecule has 0 aliphatic carbocycles. The maximum Gasteiger partial charge on any atom is 0.371 e. The van der Waals surface area contributed by atoms with Crippen molar-refractivity contribution in [1.82, 2.24) is 5.32 Å². The molecule has 2 aromatic rings. The minimum atomic E-state index is -1.16. The molecule has 1 aromatic heterocycles. The summed E-state index contributed by atoms with van der Waals surface area (Å²) >= 11 is 0. The summed E-state index contributed by atoms with van der Waals surface area (Å²) in [4.78, 5) is 37.2. The molecule has 0 radical (unpaired) electrons. The fraction of sp³-hybridized carbons (Fsp3) is 0.316. The van der Waals surface area contributed by atoms with Crippen LogP contribution in [0.15, 0.2) is 40.8 Å². The first-order valence-corrected chi connectivity index (χ1v) is 8.47. The number of carboxylic acid groups (broad SMARTS) is 1. The fourth-order valence-corrected chi connectivity index (χ4v) is 3.10. The molecule has 0 bridgehead atoms. The highest BCUT2D eigenvalue weighted by molar-refractivity contribution is 6.00. The summed E-state index contributed by atoms with van der Waals surface area (Å²) in [5.41, 5.74) is 1.92. The van der Waals surface area contributed by atoms with Gasteiger partial charge < -0.3 is 19.7 Å². The van der Waals surface area contributed by atoms with Gasteiger partial charge in [-0.2, -0.15) is 0 Å². The van der Waals surface area contributed by atoms with Crippen molar-refractivity contribution in [1.29, 1.82) is 0 Å². The number of aryl methyl sites for hydroxylation is 1. The van der Waals surface area contributed by atoms with E-state index >= 15 is 0 Å². The van der Waals surface area contributed by atoms with Crippen molar-refractivity contribution < 1.29 is 23.9 Å². The predicted octanol–water partition coefficient (Wildman–Crippen LogP) is 2.21. The molecule has 1 aromatic carbocycles. The third-order valence-corrected chi connectivity index (χ3v) is 4.47. The van der Waals surface area contributed by atoms with Gasteiger partial charge in [0.25, 0.3) is 0 Å². The van der Waals surface area contributed by atoms with Crippen molar-refractivity contribution in [3.63, 3.8) is 0 Å². The average molecular weight is 356 g/mol. The normalized spacial score (nSPS) is 16.7. The van der Waals surface area contributed by atoms with Crippen molar-refractivity contribution in [2.75, 3.05) is 11.4 Å². The molecule has 2 amide bonds. The van der Waals surface area contributed by atoms with Crippen molar-refractivity contribution in [2.45, 2.75) is 26.3 Å². The van der Waals surface area contributed by atoms with Gasteiger partial charge in [-0.15, -0.1) is 0 Å². The zero-order valence-electron chi connectivity index (χ0n) is 14.4. The van der Waals surface area contributed by atoms with Gasteiger partial charge in [0.15, 0.2) is 0 Å². The van der Waals surface area contributed by atoms with E-state index in [2.05, 4.69) is 5.32 Å². The van der Waals surface area contributed by atoms with Crippen LogP contribution < -0.4 is 10.2 Å². The largest absolute Gasteiger partial charge is 0.475 e. The van der Waals surface area contributed by atoms with E-state index in [-0.39, 0.29) is 30.5 Å². The van der Waals surface area contributed by atoms with Gasteiger partial charge in [-0.1, -0.05) is 25.1 Å². The first-order chi connectivity index (χ1) is 12.5. The number of hydrogen-bond acceptors (Lipinski definition) is 4. The van der Waals surface area contributed by atoms with Crippen LogP contribution in [0.3, 0.4) is 0 Å². The number of rotatable bonds is 6. The first kappa shape index (κ1) is 17.7. The van der Waals surface area contributed by atoms with Crippen LogP contribution in [-0.2, 0) is 22.6 Å². The van der Waals surface area contributed by atoms with Crippen LogP contribution in [0.2, 0.25) is 0 Å². The predicted molar refractivity (Wildman–Crippen MR) is 93.8 cm³/mol. The molecule has 2 N–H and O–H groups in total. The van der Waals surface area contributed by atoms with E-state index in [0.717, 1.165) is 17.7 Å². The van der Waals surface area contributed by atoms with Gasteiger partial charge in [0.1, 0.15) is 5.76 Å². The Kier molecular flexibility index (Phi) is 5.06. The molecular formula is C19H20N2O5. The van der Waals surface area contributed by atoms with Crippen molar-refractivity contribution in [3.8, 4) is 0 Å². The van der Waals surface area contributed by atoms with Gasteiger partial charge in [-0.05, 0) is 30.2 Å². The van der Waals surface area contributed by atoms with Crippen LogP contribution in [-0.4, -0.2) is 29.4 Å². The van der Waals surface area contributed by atoms with Crippen molar-refractivity contribution in [2.24, 2.45) is 5.92 Å². The Morgan fingerprint density at radius 2 is 2.04 bits per heavy atom. The highest BCUT2D eigenvalue weighted by Crippen LogP contribution is 2.28. The van der Waals surface area contributed by atoms with Gasteiger partial charge in [0, 0.05) is 18.7 Å². The summed E-state index contributed by atoms with van der Waals surface area (Å²) in [6.07, 6.45) is 0.962. The van der Waals surface area contributed by atoms with Crippen LogP contribution in [0.25, 0.3) is 0 Å². The molecule has 2 heterocycles. The number of nitrogens with one attached hydrogen (secondary N) is 1. The number of para-hydroxylation sites is 1. The molecule has 7 nitrogen and oxygen atoms in total. The molecule has 0 spiro atoms. The number of carbonyl (C=O) groups excluding carboxylic acids is 2. The second-order valence-corrected chi connectivity index (χ2v) is 6.18. The van der Waals surface area contributed by atoms with Crippen LogP contribution in [0.1, 0.15) is 35.2 Å². The Morgan fingerprint density at radius 1 is 1.27 bits per heavy atom. The zero-order chi connectivity index (χ0) is 18.7. The molecular weight excluding hydrogens is 336 g/mol. The molecule has 1 unspecified atom stereocenters. The summed E-state index contributed by atoms with van der Waals surface area (Å²) in [5.74, 6) is -1.74. The zero-order valence-corrected chi connectivity index (χ0v) is 14.4. The lowest BCUT2D eigenvalue weighted by molar-refractivity contribution is -0.126. The second kappa shape index (κ2) is 7.43. The highest BCUT2D eigenvalue weighted by Gasteiger charge is 2.35. The maximum atomic E-state index is 12.4. The molecule has 1 fully saturated rings. The monoisotopic (exact) mass is 356 g/mol. The van der Waals surface area contributed by atoms with Crippen LogP contribution in [0.5, 0.6) is 0 Å². The number of nitrogens with zero attached hydrogens (tertiary/aromatic N) is 1. The lowest BCUT2D eigenvalue weighted by Crippen LogP contribution is -2.32. The average Bonchev–Trinajstić information content (AvgIpc) is 3.26. The van der Waals surface area contributed by atoms with Crippen LogP contribution >= 0.6 is 0 Å².